The quantitative estimate of drug-likeness (QED) is 0.530. The highest BCUT2D eigenvalue weighted by Crippen LogP contribution is 2.37. The molecule has 2 fully saturated rings. The van der Waals surface area contributed by atoms with Crippen LogP contribution < -0.4 is 5.32 Å². The summed E-state index contributed by atoms with van der Waals surface area (Å²) in [4.78, 5) is 32.0. The predicted molar refractivity (Wildman–Crippen MR) is 146 cm³/mol. The minimum atomic E-state index is -3.70. The third-order valence-electron chi connectivity index (χ3n) is 6.93. The fourth-order valence-electron chi connectivity index (χ4n) is 5.07. The van der Waals surface area contributed by atoms with Crippen molar-refractivity contribution in [2.45, 2.75) is 95.3 Å². The van der Waals surface area contributed by atoms with Crippen LogP contribution in [0.2, 0.25) is 0 Å². The second-order valence-electron chi connectivity index (χ2n) is 11.8. The lowest BCUT2D eigenvalue weighted by molar-refractivity contribution is -0.135. The van der Waals surface area contributed by atoms with Crippen molar-refractivity contribution < 1.29 is 22.7 Å². The Morgan fingerprint density at radius 3 is 2.34 bits per heavy atom. The number of benzene rings is 1. The summed E-state index contributed by atoms with van der Waals surface area (Å²) < 4.78 is 34.7. The Bertz CT molecular complexity index is 1260. The van der Waals surface area contributed by atoms with Crippen molar-refractivity contribution in [1.29, 1.82) is 0 Å². The molecular formula is C28H40N4O5S. The highest BCUT2D eigenvalue weighted by atomic mass is 32.2. The number of fused-ring (bicyclic) bond motifs is 1. The highest BCUT2D eigenvalue weighted by molar-refractivity contribution is 7.89. The van der Waals surface area contributed by atoms with Gasteiger partial charge < -0.3 is 15.0 Å². The highest BCUT2D eigenvalue weighted by Gasteiger charge is 2.44. The Morgan fingerprint density at radius 1 is 1.08 bits per heavy atom. The summed E-state index contributed by atoms with van der Waals surface area (Å²) in [5, 5.41) is 4.50. The number of rotatable bonds is 8. The monoisotopic (exact) mass is 544 g/mol. The lowest BCUT2D eigenvalue weighted by atomic mass is 10.00. The van der Waals surface area contributed by atoms with Crippen LogP contribution in [0.1, 0.15) is 66.7 Å². The molecule has 2 aromatic rings. The zero-order valence-electron chi connectivity index (χ0n) is 23.0. The molecule has 1 aromatic heterocycles. The standard InChI is InChI=1S/C28H40N4O5S/c1-19(2)16-25(30-27(34)37-28(3,4)5)26(33)31-14-11-23(12-15-31)32(22-7-8-22)38(35,36)24-9-6-21-18-29-13-10-20(21)17-24/h6,9-10,13,17-19,22-23,25H,7-8,11-12,14-16H2,1-5H3,(H,30,34)/t25-/m1/s1. The van der Waals surface area contributed by atoms with Gasteiger partial charge in [0.25, 0.3) is 0 Å². The molecule has 0 spiro atoms. The molecular weight excluding hydrogens is 504 g/mol. The Balaban J connectivity index is 1.45. The number of carbonyl (C=O) groups is 2. The maximum absolute atomic E-state index is 13.8. The zero-order chi connectivity index (χ0) is 27.7. The molecule has 10 heteroatoms. The third kappa shape index (κ3) is 6.83. The topological polar surface area (TPSA) is 109 Å². The van der Waals surface area contributed by atoms with Crippen LogP contribution in [-0.4, -0.2) is 71.4 Å². The third-order valence-corrected chi connectivity index (χ3v) is 8.93. The van der Waals surface area contributed by atoms with Gasteiger partial charge in [0.05, 0.1) is 4.90 Å². The van der Waals surface area contributed by atoms with E-state index in [0.29, 0.717) is 37.2 Å². The van der Waals surface area contributed by atoms with Crippen LogP contribution >= 0.6 is 0 Å². The van der Waals surface area contributed by atoms with Crippen LogP contribution in [0.25, 0.3) is 10.8 Å². The molecule has 208 valence electrons. The number of nitrogens with zero attached hydrogens (tertiary/aromatic N) is 3. The van der Waals surface area contributed by atoms with E-state index in [9.17, 15) is 18.0 Å². The molecule has 1 saturated heterocycles. The first-order valence-corrected chi connectivity index (χ1v) is 14.9. The molecule has 1 aliphatic heterocycles. The molecule has 4 rings (SSSR count). The number of carbonyl (C=O) groups excluding carboxylic acids is 2. The molecule has 1 saturated carbocycles. The van der Waals surface area contributed by atoms with Gasteiger partial charge in [-0.25, -0.2) is 13.2 Å². The first-order valence-electron chi connectivity index (χ1n) is 13.5. The fraction of sp³-hybridized carbons (Fsp3) is 0.607. The number of sulfonamides is 1. The normalized spacial score (nSPS) is 18.1. The SMILES string of the molecule is CC(C)C[C@@H](NC(=O)OC(C)(C)C)C(=O)N1CCC(N(C2CC2)S(=O)(=O)c2ccc3cnccc3c2)CC1. The summed E-state index contributed by atoms with van der Waals surface area (Å²) >= 11 is 0. The van der Waals surface area contributed by atoms with E-state index in [1.54, 1.807) is 60.6 Å². The van der Waals surface area contributed by atoms with Gasteiger partial charge in [0.2, 0.25) is 15.9 Å². The van der Waals surface area contributed by atoms with Gasteiger partial charge in [0, 0.05) is 43.0 Å². The van der Waals surface area contributed by atoms with E-state index < -0.39 is 27.8 Å². The molecule has 2 heterocycles. The molecule has 1 atom stereocenters. The molecule has 2 aliphatic rings. The van der Waals surface area contributed by atoms with Crippen molar-refractivity contribution in [3.63, 3.8) is 0 Å². The first-order chi connectivity index (χ1) is 17.8. The van der Waals surface area contributed by atoms with Crippen LogP contribution in [0.5, 0.6) is 0 Å². The van der Waals surface area contributed by atoms with Crippen LogP contribution in [0, 0.1) is 5.92 Å². The summed E-state index contributed by atoms with van der Waals surface area (Å²) in [7, 11) is -3.70. The summed E-state index contributed by atoms with van der Waals surface area (Å²) in [6, 6.07) is 6.14. The molecule has 9 nitrogen and oxygen atoms in total. The average molecular weight is 545 g/mol. The summed E-state index contributed by atoms with van der Waals surface area (Å²) in [5.41, 5.74) is -0.659. The number of aromatic nitrogens is 1. The number of piperidine rings is 1. The van der Waals surface area contributed by atoms with Gasteiger partial charge in [0.15, 0.2) is 0 Å². The van der Waals surface area contributed by atoms with E-state index in [1.807, 2.05) is 19.9 Å². The minimum Gasteiger partial charge on any atom is -0.444 e. The average Bonchev–Trinajstić information content (AvgIpc) is 3.67. The molecule has 1 aliphatic carbocycles. The second-order valence-corrected chi connectivity index (χ2v) is 13.7. The Hall–Kier alpha value is -2.72. The number of hydrogen-bond acceptors (Lipinski definition) is 6. The van der Waals surface area contributed by atoms with Crippen molar-refractivity contribution in [2.75, 3.05) is 13.1 Å². The molecule has 0 unspecified atom stereocenters. The van der Waals surface area contributed by atoms with Gasteiger partial charge >= 0.3 is 6.09 Å². The number of hydrogen-bond donors (Lipinski definition) is 1. The summed E-state index contributed by atoms with van der Waals surface area (Å²) in [5.74, 6) is 0.0524. The van der Waals surface area contributed by atoms with Crippen LogP contribution in [-0.2, 0) is 19.6 Å². The Kier molecular flexibility index (Phi) is 8.32. The van der Waals surface area contributed by atoms with E-state index >= 15 is 0 Å². The molecule has 0 radical (unpaired) electrons. The summed E-state index contributed by atoms with van der Waals surface area (Å²) in [6.07, 6.45) is 6.09. The van der Waals surface area contributed by atoms with Crippen molar-refractivity contribution >= 4 is 32.8 Å². The fourth-order valence-corrected chi connectivity index (χ4v) is 7.03. The van der Waals surface area contributed by atoms with Crippen molar-refractivity contribution in [3.8, 4) is 0 Å². The molecule has 0 bridgehead atoms. The number of amides is 2. The van der Waals surface area contributed by atoms with Crippen molar-refractivity contribution in [2.24, 2.45) is 5.92 Å². The van der Waals surface area contributed by atoms with Crippen LogP contribution in [0.15, 0.2) is 41.6 Å². The Morgan fingerprint density at radius 2 is 1.74 bits per heavy atom. The molecule has 1 N–H and O–H groups in total. The zero-order valence-corrected chi connectivity index (χ0v) is 23.8. The van der Waals surface area contributed by atoms with Crippen LogP contribution in [0.3, 0.4) is 0 Å². The lowest BCUT2D eigenvalue weighted by Crippen LogP contribution is -2.54. The van der Waals surface area contributed by atoms with E-state index in [0.717, 1.165) is 23.6 Å². The summed E-state index contributed by atoms with van der Waals surface area (Å²) in [6.45, 7) is 10.2. The van der Waals surface area contributed by atoms with E-state index in [2.05, 4.69) is 10.3 Å². The maximum Gasteiger partial charge on any atom is 0.408 e. The number of nitrogens with one attached hydrogen (secondary N) is 1. The largest absolute Gasteiger partial charge is 0.444 e. The van der Waals surface area contributed by atoms with Crippen molar-refractivity contribution in [3.05, 3.63) is 36.7 Å². The van der Waals surface area contributed by atoms with Gasteiger partial charge in [0.1, 0.15) is 11.6 Å². The Labute approximate surface area is 226 Å². The van der Waals surface area contributed by atoms with E-state index in [-0.39, 0.29) is 23.9 Å². The van der Waals surface area contributed by atoms with Gasteiger partial charge in [-0.3, -0.25) is 9.78 Å². The van der Waals surface area contributed by atoms with Gasteiger partial charge in [-0.05, 0) is 82.4 Å². The lowest BCUT2D eigenvalue weighted by Gasteiger charge is -2.39. The molecule has 38 heavy (non-hydrogen) atoms. The van der Waals surface area contributed by atoms with Crippen molar-refractivity contribution in [1.82, 2.24) is 19.5 Å². The van der Waals surface area contributed by atoms with E-state index in [1.165, 1.54) is 0 Å². The number of likely N-dealkylation sites (tertiary alicyclic amines) is 1. The molecule has 1 aromatic carbocycles. The predicted octanol–water partition coefficient (Wildman–Crippen LogP) is 4.32. The second kappa shape index (κ2) is 11.2. The maximum atomic E-state index is 13.8. The minimum absolute atomic E-state index is 0.00270. The van der Waals surface area contributed by atoms with Crippen LogP contribution in [0.4, 0.5) is 4.79 Å². The number of ether oxygens (including phenoxy) is 1. The number of alkyl carbamates (subject to hydrolysis) is 1. The van der Waals surface area contributed by atoms with Gasteiger partial charge in [-0.1, -0.05) is 19.9 Å². The first kappa shape index (κ1) is 28.3. The number of pyridine rings is 1. The smallest absolute Gasteiger partial charge is 0.408 e. The molecule has 2 amide bonds. The van der Waals surface area contributed by atoms with E-state index in [4.69, 9.17) is 4.74 Å². The van der Waals surface area contributed by atoms with Gasteiger partial charge in [-0.2, -0.15) is 4.31 Å². The van der Waals surface area contributed by atoms with Gasteiger partial charge in [-0.15, -0.1) is 0 Å².